The molecule has 43 heavy (non-hydrogen) atoms. The molecule has 0 spiro atoms. The molecule has 7 unspecified atom stereocenters. The molecule has 7 rings (SSSR count). The Morgan fingerprint density at radius 3 is 2.47 bits per heavy atom. The van der Waals surface area contributed by atoms with Gasteiger partial charge in [-0.1, -0.05) is 105 Å². The van der Waals surface area contributed by atoms with E-state index in [0.717, 1.165) is 6.42 Å². The van der Waals surface area contributed by atoms with E-state index in [1.165, 1.54) is 58.2 Å². The highest BCUT2D eigenvalue weighted by Gasteiger charge is 2.60. The zero-order chi connectivity index (χ0) is 29.9. The highest BCUT2D eigenvalue weighted by Crippen LogP contribution is 2.54. The molecule has 1 saturated carbocycles. The van der Waals surface area contributed by atoms with Crippen LogP contribution in [0.4, 0.5) is 0 Å². The molecule has 0 aromatic heterocycles. The van der Waals surface area contributed by atoms with E-state index in [-0.39, 0.29) is 22.7 Å². The maximum absolute atomic E-state index is 4.86. The predicted octanol–water partition coefficient (Wildman–Crippen LogP) is 9.13. The lowest BCUT2D eigenvalue weighted by molar-refractivity contribution is 0.244. The fourth-order valence-corrected chi connectivity index (χ4v) is 8.37. The Bertz CT molecular complexity index is 1550. The minimum Gasteiger partial charge on any atom is -0.362 e. The summed E-state index contributed by atoms with van der Waals surface area (Å²) in [5, 5.41) is 0.123. The predicted molar refractivity (Wildman–Crippen MR) is 184 cm³/mol. The normalized spacial score (nSPS) is 30.2. The van der Waals surface area contributed by atoms with E-state index in [1.54, 1.807) is 0 Å². The smallest absolute Gasteiger partial charge is 0.0734 e. The lowest BCUT2D eigenvalue weighted by atomic mass is 9.76. The monoisotopic (exact) mass is 586 g/mol. The SMILES string of the molecule is C=C(C(C)S)C1C=CC(C(C)(C)c2ccccc2)=CN1C1C2Cc3ccccc3C3C=C(C4C=CCCC4)C(C)=CN3C21. The van der Waals surface area contributed by atoms with Gasteiger partial charge in [0.15, 0.2) is 0 Å². The lowest BCUT2D eigenvalue weighted by Gasteiger charge is -2.41. The van der Waals surface area contributed by atoms with Gasteiger partial charge in [0.05, 0.1) is 24.2 Å². The van der Waals surface area contributed by atoms with E-state index in [9.17, 15) is 0 Å². The molecule has 5 aliphatic rings. The van der Waals surface area contributed by atoms with Crippen LogP contribution in [0.25, 0.3) is 0 Å². The van der Waals surface area contributed by atoms with Gasteiger partial charge in [0.2, 0.25) is 0 Å². The van der Waals surface area contributed by atoms with Gasteiger partial charge >= 0.3 is 0 Å². The number of thiol groups is 1. The van der Waals surface area contributed by atoms with E-state index in [0.29, 0.717) is 23.9 Å². The Balaban J connectivity index is 1.29. The molecule has 2 aromatic carbocycles. The second-order valence-electron chi connectivity index (χ2n) is 13.9. The van der Waals surface area contributed by atoms with Crippen LogP contribution in [0.3, 0.4) is 0 Å². The van der Waals surface area contributed by atoms with Crippen molar-refractivity contribution in [2.45, 2.75) is 88.2 Å². The molecule has 0 N–H and O–H groups in total. The first-order valence-electron chi connectivity index (χ1n) is 16.3. The summed E-state index contributed by atoms with van der Waals surface area (Å²) < 4.78 is 0. The Morgan fingerprint density at radius 2 is 1.72 bits per heavy atom. The summed E-state index contributed by atoms with van der Waals surface area (Å²) >= 11 is 4.86. The average molecular weight is 587 g/mol. The maximum atomic E-state index is 4.86. The molecule has 0 amide bonds. The molecule has 222 valence electrons. The molecule has 3 heteroatoms. The van der Waals surface area contributed by atoms with E-state index in [4.69, 9.17) is 12.6 Å². The van der Waals surface area contributed by atoms with Crippen molar-refractivity contribution in [1.29, 1.82) is 0 Å². The van der Waals surface area contributed by atoms with Crippen molar-refractivity contribution in [2.24, 2.45) is 11.8 Å². The van der Waals surface area contributed by atoms with Crippen LogP contribution in [0.1, 0.15) is 69.7 Å². The molecular weight excluding hydrogens is 541 g/mol. The Kier molecular flexibility index (Phi) is 7.37. The van der Waals surface area contributed by atoms with E-state index in [1.807, 2.05) is 0 Å². The Hall–Kier alpha value is -3.17. The van der Waals surface area contributed by atoms with Crippen LogP contribution in [0.2, 0.25) is 0 Å². The minimum absolute atomic E-state index is 0.103. The van der Waals surface area contributed by atoms with Crippen molar-refractivity contribution in [1.82, 2.24) is 9.80 Å². The van der Waals surface area contributed by atoms with Gasteiger partial charge in [-0.2, -0.15) is 12.6 Å². The summed E-state index contributed by atoms with van der Waals surface area (Å²) in [4.78, 5) is 5.40. The zero-order valence-corrected chi connectivity index (χ0v) is 27.1. The second-order valence-corrected chi connectivity index (χ2v) is 14.7. The van der Waals surface area contributed by atoms with Gasteiger partial charge in [-0.05, 0) is 78.5 Å². The summed E-state index contributed by atoms with van der Waals surface area (Å²) in [6, 6.07) is 21.4. The van der Waals surface area contributed by atoms with Crippen molar-refractivity contribution in [3.05, 3.63) is 143 Å². The van der Waals surface area contributed by atoms with Crippen molar-refractivity contribution in [2.75, 3.05) is 0 Å². The molecule has 2 aromatic rings. The molecular formula is C40H46N2S. The largest absolute Gasteiger partial charge is 0.362 e. The molecule has 0 bridgehead atoms. The van der Waals surface area contributed by atoms with E-state index in [2.05, 4.69) is 141 Å². The number of fused-ring (bicyclic) bond motifs is 5. The third kappa shape index (κ3) is 4.98. The van der Waals surface area contributed by atoms with E-state index >= 15 is 0 Å². The molecule has 3 aliphatic heterocycles. The first kappa shape index (κ1) is 28.6. The molecule has 2 aliphatic carbocycles. The Morgan fingerprint density at radius 1 is 0.977 bits per heavy atom. The lowest BCUT2D eigenvalue weighted by Crippen LogP contribution is -2.42. The van der Waals surface area contributed by atoms with Gasteiger partial charge in [-0.15, -0.1) is 0 Å². The van der Waals surface area contributed by atoms with Gasteiger partial charge in [-0.25, -0.2) is 0 Å². The van der Waals surface area contributed by atoms with Crippen LogP contribution in [0.15, 0.2) is 126 Å². The number of benzene rings is 2. The number of rotatable bonds is 6. The number of nitrogens with zero attached hydrogens (tertiary/aromatic N) is 2. The van der Waals surface area contributed by atoms with Gasteiger partial charge in [0.25, 0.3) is 0 Å². The fourth-order valence-electron chi connectivity index (χ4n) is 8.22. The van der Waals surface area contributed by atoms with Gasteiger partial charge in [0, 0.05) is 34.9 Å². The number of allylic oxidation sites excluding steroid dienone is 6. The third-order valence-corrected chi connectivity index (χ3v) is 11.2. The first-order valence-corrected chi connectivity index (χ1v) is 16.8. The first-order chi connectivity index (χ1) is 20.8. The van der Waals surface area contributed by atoms with E-state index < -0.39 is 0 Å². The number of hydrogen-bond donors (Lipinski definition) is 1. The fraction of sp³-hybridized carbons (Fsp3) is 0.400. The van der Waals surface area contributed by atoms with Gasteiger partial charge in [-0.3, -0.25) is 0 Å². The van der Waals surface area contributed by atoms with Crippen molar-refractivity contribution >= 4 is 12.6 Å². The van der Waals surface area contributed by atoms with Crippen LogP contribution in [-0.4, -0.2) is 33.2 Å². The van der Waals surface area contributed by atoms with Crippen LogP contribution >= 0.6 is 12.6 Å². The topological polar surface area (TPSA) is 6.48 Å². The van der Waals surface area contributed by atoms with Gasteiger partial charge < -0.3 is 9.80 Å². The highest BCUT2D eigenvalue weighted by molar-refractivity contribution is 7.81. The van der Waals surface area contributed by atoms with Crippen molar-refractivity contribution in [3.63, 3.8) is 0 Å². The van der Waals surface area contributed by atoms with Crippen LogP contribution in [0, 0.1) is 11.8 Å². The second kappa shape index (κ2) is 11.1. The zero-order valence-electron chi connectivity index (χ0n) is 26.2. The average Bonchev–Trinajstić information content (AvgIpc) is 3.76. The van der Waals surface area contributed by atoms with Crippen molar-refractivity contribution < 1.29 is 0 Å². The van der Waals surface area contributed by atoms with Crippen LogP contribution < -0.4 is 0 Å². The van der Waals surface area contributed by atoms with Crippen LogP contribution in [0.5, 0.6) is 0 Å². The van der Waals surface area contributed by atoms with Crippen molar-refractivity contribution in [3.8, 4) is 0 Å². The molecule has 0 saturated heterocycles. The quantitative estimate of drug-likeness (QED) is 0.266. The standard InChI is InChI=1S/C40H46N2S/c1-26-24-41-37(23-34(26)29-14-8-6-9-15-29)33-19-13-12-16-30(33)22-35-38(41)39(35)42-25-32(20-21-36(42)27(2)28(3)43)40(4,5)31-17-10-7-11-18-31/h7-8,10-14,16-21,23-25,28-29,35-39,43H,2,6,9,15,22H2,1,3-5H3. The van der Waals surface area contributed by atoms with Crippen LogP contribution in [-0.2, 0) is 11.8 Å². The molecule has 2 nitrogen and oxygen atoms in total. The summed E-state index contributed by atoms with van der Waals surface area (Å²) in [5.74, 6) is 1.09. The summed E-state index contributed by atoms with van der Waals surface area (Å²) in [7, 11) is 0. The summed E-state index contributed by atoms with van der Waals surface area (Å²) in [6.07, 6.45) is 22.1. The summed E-state index contributed by atoms with van der Waals surface area (Å²) in [6.45, 7) is 13.8. The summed E-state index contributed by atoms with van der Waals surface area (Å²) in [5.41, 5.74) is 9.72. The Labute approximate surface area is 264 Å². The molecule has 7 atom stereocenters. The highest BCUT2D eigenvalue weighted by atomic mass is 32.1. The third-order valence-electron chi connectivity index (χ3n) is 10.9. The maximum Gasteiger partial charge on any atom is 0.0734 e. The molecule has 3 heterocycles. The molecule has 0 radical (unpaired) electrons. The molecule has 1 fully saturated rings. The number of hydrogen-bond acceptors (Lipinski definition) is 3. The van der Waals surface area contributed by atoms with Gasteiger partial charge in [0.1, 0.15) is 0 Å². The minimum atomic E-state index is -0.103.